The number of nitrogens with two attached hydrogens (primary N) is 1. The number of benzene rings is 1. The lowest BCUT2D eigenvalue weighted by Crippen LogP contribution is -2.11. The van der Waals surface area contributed by atoms with Gasteiger partial charge in [-0.25, -0.2) is 9.78 Å². The molecule has 0 saturated heterocycles. The molecule has 7 nitrogen and oxygen atoms in total. The van der Waals surface area contributed by atoms with Gasteiger partial charge < -0.3 is 20.0 Å². The molecule has 0 aliphatic carbocycles. The molecule has 4 rings (SSSR count). The molecule has 28 heavy (non-hydrogen) atoms. The monoisotopic (exact) mass is 394 g/mol. The Bertz CT molecular complexity index is 1140. The molecular formula is C20H18N4O3S. The first-order chi connectivity index (χ1) is 13.5. The molecule has 3 aromatic heterocycles. The van der Waals surface area contributed by atoms with E-state index in [0.29, 0.717) is 17.8 Å². The molecule has 0 atom stereocenters. The van der Waals surface area contributed by atoms with E-state index in [-0.39, 0.29) is 12.3 Å². The van der Waals surface area contributed by atoms with Crippen molar-refractivity contribution in [3.63, 3.8) is 0 Å². The molecule has 3 heterocycles. The van der Waals surface area contributed by atoms with Crippen LogP contribution in [0.2, 0.25) is 0 Å². The number of aromatic carboxylic acids is 1. The van der Waals surface area contributed by atoms with Gasteiger partial charge in [-0.15, -0.1) is 11.3 Å². The van der Waals surface area contributed by atoms with Crippen LogP contribution in [0.1, 0.15) is 22.5 Å². The molecule has 4 aromatic rings. The third-order valence-corrected chi connectivity index (χ3v) is 5.63. The quantitative estimate of drug-likeness (QED) is 0.500. The highest BCUT2D eigenvalue weighted by Gasteiger charge is 2.16. The molecule has 0 bridgehead atoms. The summed E-state index contributed by atoms with van der Waals surface area (Å²) in [5.74, 6) is -1.28. The summed E-state index contributed by atoms with van der Waals surface area (Å²) >= 11 is 1.25. The third kappa shape index (κ3) is 3.41. The number of aryl methyl sites for hydroxylation is 1. The molecule has 142 valence electrons. The number of amides is 1. The zero-order valence-electron chi connectivity index (χ0n) is 14.9. The maximum Gasteiger partial charge on any atom is 0.345 e. The number of rotatable bonds is 7. The Labute approximate surface area is 164 Å². The van der Waals surface area contributed by atoms with Crippen molar-refractivity contribution < 1.29 is 14.7 Å². The van der Waals surface area contributed by atoms with Crippen molar-refractivity contribution in [2.45, 2.75) is 19.4 Å². The summed E-state index contributed by atoms with van der Waals surface area (Å²) in [6, 6.07) is 11.8. The summed E-state index contributed by atoms with van der Waals surface area (Å²) in [5.41, 5.74) is 9.14. The summed E-state index contributed by atoms with van der Waals surface area (Å²) in [6.45, 7) is 0.584. The highest BCUT2D eigenvalue weighted by molar-refractivity contribution is 7.20. The van der Waals surface area contributed by atoms with Crippen LogP contribution in [0.4, 0.5) is 0 Å². The van der Waals surface area contributed by atoms with Gasteiger partial charge in [-0.1, -0.05) is 12.1 Å². The number of fused-ring (bicyclic) bond motifs is 1. The maximum absolute atomic E-state index is 11.3. The van der Waals surface area contributed by atoms with Crippen LogP contribution in [-0.4, -0.2) is 31.1 Å². The smallest absolute Gasteiger partial charge is 0.345 e. The van der Waals surface area contributed by atoms with Gasteiger partial charge in [-0.2, -0.15) is 0 Å². The molecule has 8 heteroatoms. The van der Waals surface area contributed by atoms with Gasteiger partial charge in [0.05, 0.1) is 16.5 Å². The molecular weight excluding hydrogens is 376 g/mol. The fraction of sp³-hybridized carbons (Fsp3) is 0.150. The number of carbonyl (C=O) groups is 2. The average Bonchev–Trinajstić information content (AvgIpc) is 3.39. The predicted octanol–water partition coefficient (Wildman–Crippen LogP) is 3.52. The predicted molar refractivity (Wildman–Crippen MR) is 108 cm³/mol. The molecule has 3 N–H and O–H groups in total. The van der Waals surface area contributed by atoms with Crippen LogP contribution in [0.15, 0.2) is 55.1 Å². The number of carbonyl (C=O) groups excluding carboxylic acids is 1. The molecule has 1 amide bonds. The van der Waals surface area contributed by atoms with Gasteiger partial charge in [-0.3, -0.25) is 4.79 Å². The number of carboxylic acids is 1. The number of aromatic nitrogens is 3. The summed E-state index contributed by atoms with van der Waals surface area (Å²) in [5, 5.41) is 9.28. The van der Waals surface area contributed by atoms with Crippen molar-refractivity contribution >= 4 is 33.4 Å². The van der Waals surface area contributed by atoms with Gasteiger partial charge in [-0.05, 0) is 36.2 Å². The Kier molecular flexibility index (Phi) is 4.70. The van der Waals surface area contributed by atoms with Crippen molar-refractivity contribution in [2.75, 3.05) is 0 Å². The van der Waals surface area contributed by atoms with Crippen LogP contribution < -0.4 is 5.73 Å². The van der Waals surface area contributed by atoms with Gasteiger partial charge in [0.15, 0.2) is 0 Å². The minimum Gasteiger partial charge on any atom is -0.477 e. The van der Waals surface area contributed by atoms with Crippen molar-refractivity contribution in [2.24, 2.45) is 5.73 Å². The maximum atomic E-state index is 11.3. The summed E-state index contributed by atoms with van der Waals surface area (Å²) in [7, 11) is 0. The molecule has 1 aromatic carbocycles. The molecule has 0 fully saturated rings. The Hall–Kier alpha value is -3.39. The Balaban J connectivity index is 1.73. The number of primary amides is 1. The summed E-state index contributed by atoms with van der Waals surface area (Å²) in [6.07, 6.45) is 6.23. The van der Waals surface area contributed by atoms with Crippen molar-refractivity contribution in [1.29, 1.82) is 0 Å². The van der Waals surface area contributed by atoms with E-state index in [0.717, 1.165) is 27.2 Å². The van der Waals surface area contributed by atoms with Crippen LogP contribution in [0.25, 0.3) is 27.2 Å². The van der Waals surface area contributed by atoms with Crippen LogP contribution in [0.3, 0.4) is 0 Å². The molecule has 0 unspecified atom stereocenters. The number of hydrogen-bond donors (Lipinski definition) is 2. The summed E-state index contributed by atoms with van der Waals surface area (Å²) in [4.78, 5) is 26.8. The van der Waals surface area contributed by atoms with Gasteiger partial charge in [0.2, 0.25) is 5.91 Å². The van der Waals surface area contributed by atoms with Gasteiger partial charge in [0, 0.05) is 36.7 Å². The van der Waals surface area contributed by atoms with E-state index in [4.69, 9.17) is 5.73 Å². The number of thiophene rings is 1. The van der Waals surface area contributed by atoms with E-state index in [2.05, 4.69) is 9.55 Å². The fourth-order valence-corrected chi connectivity index (χ4v) is 4.19. The molecule has 0 spiro atoms. The Morgan fingerprint density at radius 1 is 1.18 bits per heavy atom. The van der Waals surface area contributed by atoms with Crippen molar-refractivity contribution in [1.82, 2.24) is 14.1 Å². The third-order valence-electron chi connectivity index (χ3n) is 4.57. The average molecular weight is 394 g/mol. The molecule has 0 aliphatic heterocycles. The normalized spacial score (nSPS) is 11.1. The van der Waals surface area contributed by atoms with E-state index in [1.54, 1.807) is 18.6 Å². The summed E-state index contributed by atoms with van der Waals surface area (Å²) < 4.78 is 4.89. The van der Waals surface area contributed by atoms with E-state index in [9.17, 15) is 14.7 Å². The fourth-order valence-electron chi connectivity index (χ4n) is 3.25. The first-order valence-corrected chi connectivity index (χ1v) is 9.58. The van der Waals surface area contributed by atoms with Crippen molar-refractivity contribution in [3.8, 4) is 16.9 Å². The number of nitrogens with zero attached hydrogens (tertiary/aromatic N) is 3. The standard InChI is InChI=1S/C20H18N4O3S/c21-19(25)2-1-8-24-15(10-17-16(24)11-18(28-17)20(26)27)13-3-5-14(6-4-13)23-9-7-22-12-23/h3-7,9-12H,1-2,8H2,(H2,21,25)(H,26,27). The molecule has 0 radical (unpaired) electrons. The lowest BCUT2D eigenvalue weighted by Gasteiger charge is -2.11. The van der Waals surface area contributed by atoms with Crippen LogP contribution in [0.5, 0.6) is 0 Å². The van der Waals surface area contributed by atoms with E-state index >= 15 is 0 Å². The first-order valence-electron chi connectivity index (χ1n) is 8.76. The lowest BCUT2D eigenvalue weighted by atomic mass is 10.1. The van der Waals surface area contributed by atoms with Crippen LogP contribution in [-0.2, 0) is 11.3 Å². The zero-order valence-corrected chi connectivity index (χ0v) is 15.7. The molecule has 0 aliphatic rings. The SMILES string of the molecule is NC(=O)CCCn1c(-c2ccc(-n3ccnc3)cc2)cc2sc(C(=O)O)cc21. The van der Waals surface area contributed by atoms with Gasteiger partial charge in [0.1, 0.15) is 4.88 Å². The van der Waals surface area contributed by atoms with Gasteiger partial charge in [0.25, 0.3) is 0 Å². The largest absolute Gasteiger partial charge is 0.477 e. The minimum absolute atomic E-state index is 0.286. The number of hydrogen-bond acceptors (Lipinski definition) is 4. The second kappa shape index (κ2) is 7.32. The minimum atomic E-state index is -0.934. The Morgan fingerprint density at radius 2 is 1.96 bits per heavy atom. The number of carboxylic acid groups (broad SMARTS) is 1. The first kappa shape index (κ1) is 18.0. The molecule has 0 saturated carbocycles. The van der Waals surface area contributed by atoms with Crippen LogP contribution in [0, 0.1) is 0 Å². The van der Waals surface area contributed by atoms with E-state index in [1.165, 1.54) is 11.3 Å². The highest BCUT2D eigenvalue weighted by Crippen LogP contribution is 2.34. The second-order valence-electron chi connectivity index (χ2n) is 6.43. The van der Waals surface area contributed by atoms with Gasteiger partial charge >= 0.3 is 5.97 Å². The van der Waals surface area contributed by atoms with Crippen LogP contribution >= 0.6 is 11.3 Å². The zero-order chi connectivity index (χ0) is 19.7. The van der Waals surface area contributed by atoms with E-state index in [1.807, 2.05) is 41.1 Å². The van der Waals surface area contributed by atoms with E-state index < -0.39 is 5.97 Å². The Morgan fingerprint density at radius 3 is 2.61 bits per heavy atom. The lowest BCUT2D eigenvalue weighted by molar-refractivity contribution is -0.118. The second-order valence-corrected chi connectivity index (χ2v) is 7.52. The number of imidazole rings is 1. The highest BCUT2D eigenvalue weighted by atomic mass is 32.1. The topological polar surface area (TPSA) is 103 Å². The van der Waals surface area contributed by atoms with Crippen molar-refractivity contribution in [3.05, 3.63) is 60.0 Å².